The number of halogens is 1. The lowest BCUT2D eigenvalue weighted by atomic mass is 10.2. The molecule has 3 heterocycles. The molecule has 4 aromatic rings. The van der Waals surface area contributed by atoms with Gasteiger partial charge in [-0.05, 0) is 49.4 Å². The van der Waals surface area contributed by atoms with E-state index in [9.17, 15) is 9.18 Å². The van der Waals surface area contributed by atoms with Crippen molar-refractivity contribution in [2.75, 3.05) is 31.1 Å². The molecule has 2 aromatic carbocycles. The Labute approximate surface area is 183 Å². The summed E-state index contributed by atoms with van der Waals surface area (Å²) in [7, 11) is 0. The summed E-state index contributed by atoms with van der Waals surface area (Å²) in [5, 5.41) is 1.86. The van der Waals surface area contributed by atoms with E-state index in [1.54, 1.807) is 12.1 Å². The van der Waals surface area contributed by atoms with Gasteiger partial charge in [0.1, 0.15) is 21.5 Å². The SMILES string of the molecule is Cc1nc(-c2ccc(F)cc2)sc1C(=O)N1CCN(c2ccc3ccccc3n2)CC1. The Morgan fingerprint density at radius 1 is 0.935 bits per heavy atom. The Kier molecular flexibility index (Phi) is 5.11. The van der Waals surface area contributed by atoms with Crippen molar-refractivity contribution in [3.63, 3.8) is 0 Å². The van der Waals surface area contributed by atoms with Crippen LogP contribution >= 0.6 is 11.3 Å². The van der Waals surface area contributed by atoms with E-state index in [0.717, 1.165) is 40.4 Å². The van der Waals surface area contributed by atoms with Crippen LogP contribution in [0.1, 0.15) is 15.4 Å². The number of pyridine rings is 1. The number of piperazine rings is 1. The zero-order valence-electron chi connectivity index (χ0n) is 17.1. The monoisotopic (exact) mass is 432 g/mol. The van der Waals surface area contributed by atoms with Crippen molar-refractivity contribution in [2.45, 2.75) is 6.92 Å². The molecule has 31 heavy (non-hydrogen) atoms. The molecule has 1 saturated heterocycles. The van der Waals surface area contributed by atoms with Gasteiger partial charge in [0, 0.05) is 37.1 Å². The Balaban J connectivity index is 1.29. The fourth-order valence-corrected chi connectivity index (χ4v) is 4.86. The molecule has 0 radical (unpaired) electrons. The van der Waals surface area contributed by atoms with Crippen LogP contribution in [0.15, 0.2) is 60.7 Å². The molecule has 5 rings (SSSR count). The van der Waals surface area contributed by atoms with Gasteiger partial charge in [0.25, 0.3) is 5.91 Å². The zero-order chi connectivity index (χ0) is 21.4. The molecular formula is C24H21FN4OS. The smallest absolute Gasteiger partial charge is 0.265 e. The van der Waals surface area contributed by atoms with E-state index in [2.05, 4.69) is 22.0 Å². The highest BCUT2D eigenvalue weighted by atomic mass is 32.1. The van der Waals surface area contributed by atoms with Crippen molar-refractivity contribution in [3.05, 3.63) is 77.1 Å². The topological polar surface area (TPSA) is 49.3 Å². The van der Waals surface area contributed by atoms with Gasteiger partial charge in [0.15, 0.2) is 0 Å². The third-order valence-corrected chi connectivity index (χ3v) is 6.75. The van der Waals surface area contributed by atoms with Crippen LogP contribution in [0.4, 0.5) is 10.2 Å². The molecule has 0 saturated carbocycles. The maximum atomic E-state index is 13.2. The predicted molar refractivity (Wildman–Crippen MR) is 122 cm³/mol. The maximum absolute atomic E-state index is 13.2. The number of rotatable bonds is 3. The van der Waals surface area contributed by atoms with Crippen LogP contribution < -0.4 is 4.90 Å². The van der Waals surface area contributed by atoms with Gasteiger partial charge in [-0.25, -0.2) is 14.4 Å². The first-order valence-corrected chi connectivity index (χ1v) is 11.0. The fourth-order valence-electron chi connectivity index (χ4n) is 3.82. The summed E-state index contributed by atoms with van der Waals surface area (Å²) < 4.78 is 13.2. The molecule has 0 unspecified atom stereocenters. The summed E-state index contributed by atoms with van der Waals surface area (Å²) in [5.74, 6) is 0.667. The normalized spacial score (nSPS) is 14.3. The third-order valence-electron chi connectivity index (χ3n) is 5.56. The fraction of sp³-hybridized carbons (Fsp3) is 0.208. The van der Waals surface area contributed by atoms with Crippen molar-refractivity contribution in [1.29, 1.82) is 0 Å². The first-order valence-electron chi connectivity index (χ1n) is 10.2. The van der Waals surface area contributed by atoms with Crippen molar-refractivity contribution < 1.29 is 9.18 Å². The molecule has 1 fully saturated rings. The van der Waals surface area contributed by atoms with E-state index in [-0.39, 0.29) is 11.7 Å². The molecule has 0 spiro atoms. The highest BCUT2D eigenvalue weighted by Gasteiger charge is 2.26. The van der Waals surface area contributed by atoms with Gasteiger partial charge in [-0.2, -0.15) is 0 Å². The van der Waals surface area contributed by atoms with Gasteiger partial charge in [0.05, 0.1) is 11.2 Å². The summed E-state index contributed by atoms with van der Waals surface area (Å²) in [4.78, 5) is 27.2. The average molecular weight is 433 g/mol. The lowest BCUT2D eigenvalue weighted by Crippen LogP contribution is -2.49. The first-order chi connectivity index (χ1) is 15.1. The molecule has 0 atom stereocenters. The van der Waals surface area contributed by atoms with Gasteiger partial charge in [-0.3, -0.25) is 4.79 Å². The second-order valence-electron chi connectivity index (χ2n) is 7.58. The van der Waals surface area contributed by atoms with Gasteiger partial charge < -0.3 is 9.80 Å². The van der Waals surface area contributed by atoms with Crippen molar-refractivity contribution in [3.8, 4) is 10.6 Å². The number of benzene rings is 2. The molecule has 2 aromatic heterocycles. The van der Waals surface area contributed by atoms with Crippen molar-refractivity contribution >= 4 is 34.0 Å². The Morgan fingerprint density at radius 3 is 2.45 bits per heavy atom. The number of fused-ring (bicyclic) bond motifs is 1. The molecule has 0 bridgehead atoms. The Bertz CT molecular complexity index is 1250. The number of aromatic nitrogens is 2. The van der Waals surface area contributed by atoms with Gasteiger partial charge in [-0.15, -0.1) is 11.3 Å². The van der Waals surface area contributed by atoms with Crippen molar-refractivity contribution in [1.82, 2.24) is 14.9 Å². The molecule has 0 N–H and O–H groups in total. The van der Waals surface area contributed by atoms with Crippen LogP contribution in [-0.2, 0) is 0 Å². The number of nitrogens with zero attached hydrogens (tertiary/aromatic N) is 4. The van der Waals surface area contributed by atoms with Crippen LogP contribution in [0.2, 0.25) is 0 Å². The summed E-state index contributed by atoms with van der Waals surface area (Å²) in [6.45, 7) is 4.60. The number of hydrogen-bond acceptors (Lipinski definition) is 5. The summed E-state index contributed by atoms with van der Waals surface area (Å²) in [6, 6.07) is 18.4. The molecule has 0 aliphatic carbocycles. The largest absolute Gasteiger partial charge is 0.353 e. The van der Waals surface area contributed by atoms with Crippen LogP contribution in [0.5, 0.6) is 0 Å². The minimum Gasteiger partial charge on any atom is -0.353 e. The number of hydrogen-bond donors (Lipinski definition) is 0. The molecular weight excluding hydrogens is 411 g/mol. The minimum atomic E-state index is -0.285. The minimum absolute atomic E-state index is 0.00878. The third kappa shape index (κ3) is 3.88. The van der Waals surface area contributed by atoms with Crippen molar-refractivity contribution in [2.24, 2.45) is 0 Å². The van der Waals surface area contributed by atoms with Gasteiger partial charge in [-0.1, -0.05) is 18.2 Å². The predicted octanol–water partition coefficient (Wildman–Crippen LogP) is 4.77. The van der Waals surface area contributed by atoms with E-state index in [1.807, 2.05) is 36.1 Å². The number of aryl methyl sites for hydroxylation is 1. The van der Waals surface area contributed by atoms with Crippen LogP contribution in [0, 0.1) is 12.7 Å². The quantitative estimate of drug-likeness (QED) is 0.468. The van der Waals surface area contributed by atoms with E-state index in [0.29, 0.717) is 23.7 Å². The molecule has 1 aliphatic rings. The second-order valence-corrected chi connectivity index (χ2v) is 8.58. The number of anilines is 1. The molecule has 1 amide bonds. The van der Waals surface area contributed by atoms with E-state index < -0.39 is 0 Å². The molecule has 7 heteroatoms. The Hall–Kier alpha value is -3.32. The number of amides is 1. The number of para-hydroxylation sites is 1. The van der Waals surface area contributed by atoms with Crippen LogP contribution in [0.3, 0.4) is 0 Å². The number of carbonyl (C=O) groups is 1. The van der Waals surface area contributed by atoms with Crippen LogP contribution in [0.25, 0.3) is 21.5 Å². The van der Waals surface area contributed by atoms with Gasteiger partial charge in [0.2, 0.25) is 0 Å². The zero-order valence-corrected chi connectivity index (χ0v) is 17.9. The highest BCUT2D eigenvalue weighted by Crippen LogP contribution is 2.29. The lowest BCUT2D eigenvalue weighted by molar-refractivity contribution is 0.0750. The Morgan fingerprint density at radius 2 is 1.68 bits per heavy atom. The summed E-state index contributed by atoms with van der Waals surface area (Å²) in [5.41, 5.74) is 2.51. The second kappa shape index (κ2) is 8.07. The summed E-state index contributed by atoms with van der Waals surface area (Å²) in [6.07, 6.45) is 0. The first kappa shape index (κ1) is 19.6. The maximum Gasteiger partial charge on any atom is 0.265 e. The molecule has 156 valence electrons. The molecule has 1 aliphatic heterocycles. The van der Waals surface area contributed by atoms with E-state index in [1.165, 1.54) is 23.5 Å². The highest BCUT2D eigenvalue weighted by molar-refractivity contribution is 7.17. The van der Waals surface area contributed by atoms with E-state index in [4.69, 9.17) is 4.98 Å². The standard InChI is InChI=1S/C24H21FN4OS/c1-16-22(31-23(26-16)18-6-9-19(25)10-7-18)24(30)29-14-12-28(13-15-29)21-11-8-17-4-2-3-5-20(17)27-21/h2-11H,12-15H2,1H3. The van der Waals surface area contributed by atoms with E-state index >= 15 is 0 Å². The number of carbonyl (C=O) groups excluding carboxylic acids is 1. The van der Waals surface area contributed by atoms with Crippen LogP contribution in [-0.4, -0.2) is 47.0 Å². The van der Waals surface area contributed by atoms with Gasteiger partial charge >= 0.3 is 0 Å². The number of thiazole rings is 1. The lowest BCUT2D eigenvalue weighted by Gasteiger charge is -2.35. The average Bonchev–Trinajstić information content (AvgIpc) is 3.20. The summed E-state index contributed by atoms with van der Waals surface area (Å²) >= 11 is 1.37. The molecule has 5 nitrogen and oxygen atoms in total.